The third-order valence-electron chi connectivity index (χ3n) is 5.72. The van der Waals surface area contributed by atoms with Crippen molar-refractivity contribution in [2.75, 3.05) is 10.2 Å². The number of alkyl halides is 3. The number of benzene rings is 3. The first kappa shape index (κ1) is 24.5. The van der Waals surface area contributed by atoms with Gasteiger partial charge in [0.15, 0.2) is 0 Å². The number of rotatable bonds is 5. The van der Waals surface area contributed by atoms with E-state index in [9.17, 15) is 26.4 Å². The summed E-state index contributed by atoms with van der Waals surface area (Å²) in [6.45, 7) is 3.84. The molecule has 182 valence electrons. The second-order valence-electron chi connectivity index (χ2n) is 8.12. The summed E-state index contributed by atoms with van der Waals surface area (Å²) >= 11 is 0. The summed E-state index contributed by atoms with van der Waals surface area (Å²) < 4.78 is 68.6. The van der Waals surface area contributed by atoms with Crippen LogP contribution in [0.1, 0.15) is 36.2 Å². The van der Waals surface area contributed by atoms with Crippen LogP contribution < -0.4 is 10.2 Å². The van der Waals surface area contributed by atoms with E-state index in [2.05, 4.69) is 9.71 Å². The zero-order valence-electron chi connectivity index (χ0n) is 18.9. The topological polar surface area (TPSA) is 78.8 Å². The lowest BCUT2D eigenvalue weighted by Gasteiger charge is -2.33. The Morgan fingerprint density at radius 1 is 1.03 bits per heavy atom. The smallest absolute Gasteiger partial charge is 0.322 e. The van der Waals surface area contributed by atoms with Crippen molar-refractivity contribution in [2.45, 2.75) is 31.3 Å². The predicted molar refractivity (Wildman–Crippen MR) is 128 cm³/mol. The number of amidine groups is 1. The van der Waals surface area contributed by atoms with Crippen molar-refractivity contribution in [1.82, 2.24) is 0 Å². The molecule has 6 nitrogen and oxygen atoms in total. The van der Waals surface area contributed by atoms with Crippen LogP contribution in [-0.4, -0.2) is 20.2 Å². The maximum absolute atomic E-state index is 13.1. The van der Waals surface area contributed by atoms with E-state index in [4.69, 9.17) is 0 Å². The normalized spacial score (nSPS) is 15.7. The minimum absolute atomic E-state index is 0.00145. The van der Waals surface area contributed by atoms with Crippen molar-refractivity contribution in [3.63, 3.8) is 0 Å². The lowest BCUT2D eigenvalue weighted by molar-refractivity contribution is -0.137. The number of nitrogens with zero attached hydrogens (tertiary/aromatic N) is 2. The average molecular weight is 502 g/mol. The molecule has 0 fully saturated rings. The van der Waals surface area contributed by atoms with Crippen LogP contribution in [0.5, 0.6) is 0 Å². The highest BCUT2D eigenvalue weighted by atomic mass is 32.2. The van der Waals surface area contributed by atoms with Gasteiger partial charge < -0.3 is 5.32 Å². The van der Waals surface area contributed by atoms with E-state index in [1.807, 2.05) is 44.2 Å². The maximum Gasteiger partial charge on any atom is 0.416 e. The molecule has 1 aliphatic heterocycles. The molecule has 0 saturated carbocycles. The number of amides is 1. The minimum Gasteiger partial charge on any atom is -0.322 e. The van der Waals surface area contributed by atoms with E-state index < -0.39 is 27.7 Å². The van der Waals surface area contributed by atoms with Crippen molar-refractivity contribution in [3.05, 3.63) is 83.9 Å². The monoisotopic (exact) mass is 501 g/mol. The number of carbonyl (C=O) groups excluding carboxylic acids is 1. The van der Waals surface area contributed by atoms with E-state index in [0.717, 1.165) is 30.0 Å². The molecule has 0 spiro atoms. The first-order valence-electron chi connectivity index (χ1n) is 10.8. The van der Waals surface area contributed by atoms with Gasteiger partial charge >= 0.3 is 6.18 Å². The summed E-state index contributed by atoms with van der Waals surface area (Å²) in [7, 11) is -4.06. The van der Waals surface area contributed by atoms with Gasteiger partial charge in [0.25, 0.3) is 15.9 Å². The van der Waals surface area contributed by atoms with E-state index in [-0.39, 0.29) is 22.1 Å². The molecule has 0 aromatic heterocycles. The van der Waals surface area contributed by atoms with Gasteiger partial charge in [0.1, 0.15) is 10.7 Å². The molecule has 4 rings (SSSR count). The quantitative estimate of drug-likeness (QED) is 0.449. The molecule has 1 N–H and O–H groups in total. The first-order valence-corrected chi connectivity index (χ1v) is 12.3. The van der Waals surface area contributed by atoms with Gasteiger partial charge in [-0.25, -0.2) is 0 Å². The molecule has 0 aliphatic carbocycles. The van der Waals surface area contributed by atoms with Crippen molar-refractivity contribution in [3.8, 4) is 0 Å². The molecular weight excluding hydrogens is 479 g/mol. The highest BCUT2D eigenvalue weighted by Crippen LogP contribution is 2.40. The summed E-state index contributed by atoms with van der Waals surface area (Å²) in [5.41, 5.74) is 0.442. The largest absolute Gasteiger partial charge is 0.416 e. The summed E-state index contributed by atoms with van der Waals surface area (Å²) in [5.74, 6) is -0.416. The van der Waals surface area contributed by atoms with Gasteiger partial charge in [0.2, 0.25) is 0 Å². The van der Waals surface area contributed by atoms with E-state index >= 15 is 0 Å². The molecule has 0 bridgehead atoms. The summed E-state index contributed by atoms with van der Waals surface area (Å²) in [4.78, 5) is 14.3. The zero-order valence-corrected chi connectivity index (χ0v) is 19.7. The van der Waals surface area contributed by atoms with Crippen LogP contribution in [0.15, 0.2) is 82.1 Å². The second-order valence-corrected chi connectivity index (χ2v) is 9.69. The number of carbonyl (C=O) groups is 1. The summed E-state index contributed by atoms with van der Waals surface area (Å²) in [6.07, 6.45) is -3.84. The Kier molecular flexibility index (Phi) is 6.42. The Balaban J connectivity index is 1.70. The maximum atomic E-state index is 13.1. The molecule has 1 amide bonds. The summed E-state index contributed by atoms with van der Waals surface area (Å²) in [5, 5.41) is 2.55. The third-order valence-corrected chi connectivity index (χ3v) is 7.03. The van der Waals surface area contributed by atoms with Crippen molar-refractivity contribution in [2.24, 2.45) is 10.3 Å². The third kappa shape index (κ3) is 4.93. The Morgan fingerprint density at radius 2 is 1.69 bits per heavy atom. The molecule has 0 saturated heterocycles. The molecule has 0 unspecified atom stereocenters. The predicted octanol–water partition coefficient (Wildman–Crippen LogP) is 6.24. The Hall–Kier alpha value is -3.66. The molecule has 1 heterocycles. The molecule has 3 aromatic rings. The fraction of sp³-hybridized carbons (Fsp3) is 0.200. The molecule has 0 radical (unpaired) electrons. The van der Waals surface area contributed by atoms with Crippen molar-refractivity contribution < 1.29 is 26.4 Å². The molecule has 3 aromatic carbocycles. The SMILES string of the molecule is CC[C@@H](C)C1=NS(=O)(=O)c2cc(NC(=O)c3ccc(C(F)(F)F)cc3)ccc2N1c1ccccc1. The van der Waals surface area contributed by atoms with Gasteiger partial charge in [0, 0.05) is 22.9 Å². The number of hydrogen-bond acceptors (Lipinski definition) is 4. The number of para-hydroxylation sites is 1. The minimum atomic E-state index is -4.51. The fourth-order valence-electron chi connectivity index (χ4n) is 3.67. The van der Waals surface area contributed by atoms with Crippen LogP contribution >= 0.6 is 0 Å². The number of fused-ring (bicyclic) bond motifs is 1. The first-order chi connectivity index (χ1) is 16.5. The standard InChI is InChI=1S/C25H22F3N3O3S/c1-3-16(2)23-30-35(33,34)22-15-19(13-14-21(22)31(23)20-7-5-4-6-8-20)29-24(32)17-9-11-18(12-10-17)25(26,27)28/h4-16H,3H2,1-2H3,(H,29,32)/t16-/m1/s1. The van der Waals surface area contributed by atoms with Crippen LogP contribution in [0.3, 0.4) is 0 Å². The lowest BCUT2D eigenvalue weighted by Crippen LogP contribution is -2.36. The molecular formula is C25H22F3N3O3S. The number of hydrogen-bond donors (Lipinski definition) is 1. The lowest BCUT2D eigenvalue weighted by atomic mass is 10.1. The second kappa shape index (κ2) is 9.18. The van der Waals surface area contributed by atoms with Crippen LogP contribution in [0.25, 0.3) is 0 Å². The van der Waals surface area contributed by atoms with Crippen molar-refractivity contribution in [1.29, 1.82) is 0 Å². The van der Waals surface area contributed by atoms with Crippen LogP contribution in [0.2, 0.25) is 0 Å². The molecule has 1 atom stereocenters. The highest BCUT2D eigenvalue weighted by molar-refractivity contribution is 7.90. The Bertz CT molecular complexity index is 1390. The average Bonchev–Trinajstić information content (AvgIpc) is 2.83. The van der Waals surface area contributed by atoms with Gasteiger partial charge in [0.05, 0.1) is 11.3 Å². The fourth-order valence-corrected chi connectivity index (χ4v) is 4.98. The number of halogens is 3. The number of sulfonamides is 1. The number of nitrogens with one attached hydrogen (secondary N) is 1. The van der Waals surface area contributed by atoms with Gasteiger partial charge in [-0.3, -0.25) is 9.69 Å². The number of anilines is 3. The van der Waals surface area contributed by atoms with Crippen LogP contribution in [0, 0.1) is 5.92 Å². The van der Waals surface area contributed by atoms with Crippen molar-refractivity contribution >= 4 is 38.8 Å². The van der Waals surface area contributed by atoms with E-state index in [0.29, 0.717) is 17.9 Å². The van der Waals surface area contributed by atoms with E-state index in [1.54, 1.807) is 17.0 Å². The summed E-state index contributed by atoms with van der Waals surface area (Å²) in [6, 6.07) is 17.4. The molecule has 35 heavy (non-hydrogen) atoms. The van der Waals surface area contributed by atoms with Gasteiger partial charge in [-0.2, -0.15) is 21.6 Å². The molecule has 1 aliphatic rings. The van der Waals surface area contributed by atoms with Crippen LogP contribution in [-0.2, 0) is 16.2 Å². The van der Waals surface area contributed by atoms with Gasteiger partial charge in [-0.15, -0.1) is 4.40 Å². The highest BCUT2D eigenvalue weighted by Gasteiger charge is 2.34. The van der Waals surface area contributed by atoms with Gasteiger partial charge in [-0.1, -0.05) is 32.0 Å². The molecule has 10 heteroatoms. The zero-order chi connectivity index (χ0) is 25.4. The Morgan fingerprint density at radius 3 is 2.29 bits per heavy atom. The van der Waals surface area contributed by atoms with Gasteiger partial charge in [-0.05, 0) is 61.0 Å². The van der Waals surface area contributed by atoms with E-state index in [1.165, 1.54) is 6.07 Å². The Labute approximate surface area is 201 Å². The van der Waals surface area contributed by atoms with Crippen LogP contribution in [0.4, 0.5) is 30.2 Å².